The molecule has 1 aliphatic heterocycles. The molecule has 3 nitrogen and oxygen atoms in total. The Balaban J connectivity index is 2.19. The van der Waals surface area contributed by atoms with Crippen LogP contribution in [0.25, 0.3) is 0 Å². The van der Waals surface area contributed by atoms with E-state index in [0.29, 0.717) is 6.04 Å². The normalized spacial score (nSPS) is 23.1. The molecule has 0 spiro atoms. The largest absolute Gasteiger partial charge is 0.366 e. The molecule has 12 heavy (non-hydrogen) atoms. The fourth-order valence-corrected chi connectivity index (χ4v) is 1.76. The molecule has 1 aliphatic rings. The first-order chi connectivity index (χ1) is 5.88. The maximum absolute atomic E-state index is 4.01. The van der Waals surface area contributed by atoms with Crippen molar-refractivity contribution in [1.29, 1.82) is 0 Å². The second-order valence-electron chi connectivity index (χ2n) is 3.28. The molecule has 0 bridgehead atoms. The molecule has 1 aromatic rings. The van der Waals surface area contributed by atoms with Gasteiger partial charge < -0.3 is 4.90 Å². The van der Waals surface area contributed by atoms with Crippen LogP contribution in [0.4, 0.5) is 5.69 Å². The van der Waals surface area contributed by atoms with Crippen molar-refractivity contribution < 1.29 is 0 Å². The SMILES string of the molecule is C[C@H]1CCCN1c1cncnc1. The quantitative estimate of drug-likeness (QED) is 0.627. The monoisotopic (exact) mass is 163 g/mol. The van der Waals surface area contributed by atoms with Gasteiger partial charge in [-0.3, -0.25) is 0 Å². The van der Waals surface area contributed by atoms with Gasteiger partial charge in [0.25, 0.3) is 0 Å². The zero-order valence-electron chi connectivity index (χ0n) is 7.27. The molecule has 1 atom stereocenters. The zero-order chi connectivity index (χ0) is 8.39. The van der Waals surface area contributed by atoms with E-state index in [9.17, 15) is 0 Å². The van der Waals surface area contributed by atoms with Crippen LogP contribution >= 0.6 is 0 Å². The van der Waals surface area contributed by atoms with Crippen LogP contribution in [-0.2, 0) is 0 Å². The lowest BCUT2D eigenvalue weighted by molar-refractivity contribution is 0.732. The molecule has 2 heterocycles. The number of hydrogen-bond donors (Lipinski definition) is 0. The number of hydrogen-bond acceptors (Lipinski definition) is 3. The molecule has 0 aromatic carbocycles. The highest BCUT2D eigenvalue weighted by molar-refractivity contribution is 5.43. The predicted molar refractivity (Wildman–Crippen MR) is 48.1 cm³/mol. The smallest absolute Gasteiger partial charge is 0.115 e. The van der Waals surface area contributed by atoms with Crippen molar-refractivity contribution >= 4 is 5.69 Å². The van der Waals surface area contributed by atoms with Crippen LogP contribution < -0.4 is 4.90 Å². The lowest BCUT2D eigenvalue weighted by Crippen LogP contribution is -2.26. The fraction of sp³-hybridized carbons (Fsp3) is 0.556. The fourth-order valence-electron chi connectivity index (χ4n) is 1.76. The molecule has 1 saturated heterocycles. The highest BCUT2D eigenvalue weighted by Crippen LogP contribution is 2.22. The average Bonchev–Trinajstić information content (AvgIpc) is 2.53. The van der Waals surface area contributed by atoms with E-state index in [4.69, 9.17) is 0 Å². The van der Waals surface area contributed by atoms with Gasteiger partial charge in [0, 0.05) is 12.6 Å². The molecular weight excluding hydrogens is 150 g/mol. The van der Waals surface area contributed by atoms with Crippen LogP contribution in [0.2, 0.25) is 0 Å². The summed E-state index contributed by atoms with van der Waals surface area (Å²) >= 11 is 0. The van der Waals surface area contributed by atoms with Crippen molar-refractivity contribution in [3.8, 4) is 0 Å². The van der Waals surface area contributed by atoms with E-state index in [2.05, 4.69) is 21.8 Å². The summed E-state index contributed by atoms with van der Waals surface area (Å²) in [6.45, 7) is 3.40. The van der Waals surface area contributed by atoms with Crippen LogP contribution in [-0.4, -0.2) is 22.6 Å². The lowest BCUT2D eigenvalue weighted by Gasteiger charge is -2.22. The van der Waals surface area contributed by atoms with Crippen molar-refractivity contribution in [1.82, 2.24) is 9.97 Å². The minimum absolute atomic E-state index is 0.649. The Labute approximate surface area is 72.4 Å². The topological polar surface area (TPSA) is 29.0 Å². The van der Waals surface area contributed by atoms with E-state index in [1.807, 2.05) is 12.4 Å². The number of nitrogens with zero attached hydrogens (tertiary/aromatic N) is 3. The van der Waals surface area contributed by atoms with Gasteiger partial charge in [-0.2, -0.15) is 0 Å². The van der Waals surface area contributed by atoms with Gasteiger partial charge in [0.2, 0.25) is 0 Å². The first-order valence-corrected chi connectivity index (χ1v) is 4.39. The molecule has 0 saturated carbocycles. The minimum atomic E-state index is 0.649. The molecular formula is C9H13N3. The summed E-state index contributed by atoms with van der Waals surface area (Å²) < 4.78 is 0. The lowest BCUT2D eigenvalue weighted by atomic mass is 10.2. The third-order valence-electron chi connectivity index (χ3n) is 2.43. The summed E-state index contributed by atoms with van der Waals surface area (Å²) in [6.07, 6.45) is 7.92. The van der Waals surface area contributed by atoms with Crippen LogP contribution in [0, 0.1) is 0 Å². The Hall–Kier alpha value is -1.12. The highest BCUT2D eigenvalue weighted by atomic mass is 15.2. The third-order valence-corrected chi connectivity index (χ3v) is 2.43. The zero-order valence-corrected chi connectivity index (χ0v) is 7.27. The van der Waals surface area contributed by atoms with Gasteiger partial charge in [-0.1, -0.05) is 0 Å². The maximum Gasteiger partial charge on any atom is 0.115 e. The maximum atomic E-state index is 4.01. The van der Waals surface area contributed by atoms with Gasteiger partial charge in [-0.15, -0.1) is 0 Å². The van der Waals surface area contributed by atoms with E-state index < -0.39 is 0 Å². The molecule has 0 radical (unpaired) electrons. The number of rotatable bonds is 1. The van der Waals surface area contributed by atoms with Crippen molar-refractivity contribution in [3.63, 3.8) is 0 Å². The van der Waals surface area contributed by atoms with Crippen molar-refractivity contribution in [2.24, 2.45) is 0 Å². The molecule has 3 heteroatoms. The van der Waals surface area contributed by atoms with Gasteiger partial charge in [0.1, 0.15) is 6.33 Å². The second kappa shape index (κ2) is 3.09. The first-order valence-electron chi connectivity index (χ1n) is 4.39. The molecule has 0 amide bonds. The van der Waals surface area contributed by atoms with E-state index >= 15 is 0 Å². The highest BCUT2D eigenvalue weighted by Gasteiger charge is 2.20. The standard InChI is InChI=1S/C9H13N3/c1-8-3-2-4-12(8)9-5-10-7-11-6-9/h5-8H,2-4H2,1H3/t8-/m0/s1. The van der Waals surface area contributed by atoms with Gasteiger partial charge in [-0.25, -0.2) is 9.97 Å². The molecule has 64 valence electrons. The van der Waals surface area contributed by atoms with Gasteiger partial charge >= 0.3 is 0 Å². The molecule has 2 rings (SSSR count). The molecule has 0 unspecified atom stereocenters. The summed E-state index contributed by atoms with van der Waals surface area (Å²) in [4.78, 5) is 10.4. The van der Waals surface area contributed by atoms with Gasteiger partial charge in [0.15, 0.2) is 0 Å². The van der Waals surface area contributed by atoms with Crippen molar-refractivity contribution in [2.75, 3.05) is 11.4 Å². The Kier molecular flexibility index (Phi) is 1.94. The van der Waals surface area contributed by atoms with Crippen molar-refractivity contribution in [2.45, 2.75) is 25.8 Å². The van der Waals surface area contributed by atoms with E-state index in [1.165, 1.54) is 12.8 Å². The molecule has 1 aromatic heterocycles. The summed E-state index contributed by atoms with van der Waals surface area (Å²) in [7, 11) is 0. The second-order valence-corrected chi connectivity index (χ2v) is 3.28. The number of aromatic nitrogens is 2. The van der Waals surface area contributed by atoms with Crippen LogP contribution in [0.15, 0.2) is 18.7 Å². The molecule has 0 N–H and O–H groups in total. The van der Waals surface area contributed by atoms with Crippen molar-refractivity contribution in [3.05, 3.63) is 18.7 Å². The Bertz CT molecular complexity index is 247. The summed E-state index contributed by atoms with van der Waals surface area (Å²) in [5.74, 6) is 0. The van der Waals surface area contributed by atoms with Crippen LogP contribution in [0.5, 0.6) is 0 Å². The molecule has 1 fully saturated rings. The molecule has 0 aliphatic carbocycles. The van der Waals surface area contributed by atoms with Gasteiger partial charge in [-0.05, 0) is 19.8 Å². The average molecular weight is 163 g/mol. The van der Waals surface area contributed by atoms with E-state index in [0.717, 1.165) is 12.2 Å². The number of anilines is 1. The van der Waals surface area contributed by atoms with E-state index in [-0.39, 0.29) is 0 Å². The Morgan fingerprint density at radius 3 is 2.75 bits per heavy atom. The summed E-state index contributed by atoms with van der Waals surface area (Å²) in [5.41, 5.74) is 1.16. The van der Waals surface area contributed by atoms with E-state index in [1.54, 1.807) is 6.33 Å². The van der Waals surface area contributed by atoms with Crippen LogP contribution in [0.1, 0.15) is 19.8 Å². The minimum Gasteiger partial charge on any atom is -0.366 e. The third kappa shape index (κ3) is 1.26. The Morgan fingerprint density at radius 2 is 2.17 bits per heavy atom. The summed E-state index contributed by atoms with van der Waals surface area (Å²) in [5, 5.41) is 0. The summed E-state index contributed by atoms with van der Waals surface area (Å²) in [6, 6.07) is 0.649. The Morgan fingerprint density at radius 1 is 1.42 bits per heavy atom. The predicted octanol–water partition coefficient (Wildman–Crippen LogP) is 1.47. The van der Waals surface area contributed by atoms with Crippen LogP contribution in [0.3, 0.4) is 0 Å². The van der Waals surface area contributed by atoms with Gasteiger partial charge in [0.05, 0.1) is 18.1 Å². The first kappa shape index (κ1) is 7.53.